The van der Waals surface area contributed by atoms with Crippen LogP contribution in [0.25, 0.3) is 0 Å². The van der Waals surface area contributed by atoms with Crippen molar-refractivity contribution in [2.45, 2.75) is 32.6 Å². The quantitative estimate of drug-likeness (QED) is 0.551. The average molecular weight is 409 g/mol. The predicted octanol–water partition coefficient (Wildman–Crippen LogP) is 4.02. The van der Waals surface area contributed by atoms with Crippen LogP contribution in [0.1, 0.15) is 43.0 Å². The highest BCUT2D eigenvalue weighted by Crippen LogP contribution is 2.23. The molecule has 7 heteroatoms. The van der Waals surface area contributed by atoms with Gasteiger partial charge >= 0.3 is 5.97 Å². The number of hydrogen-bond donors (Lipinski definition) is 0. The molecule has 0 aliphatic heterocycles. The van der Waals surface area contributed by atoms with E-state index in [1.54, 1.807) is 6.07 Å². The fourth-order valence-corrected chi connectivity index (χ4v) is 3.52. The van der Waals surface area contributed by atoms with Gasteiger partial charge in [-0.05, 0) is 74.2 Å². The lowest BCUT2D eigenvalue weighted by molar-refractivity contribution is 0.0474. The molecular weight excluding hydrogens is 388 g/mol. The zero-order chi connectivity index (χ0) is 20.5. The van der Waals surface area contributed by atoms with Crippen molar-refractivity contribution in [3.63, 3.8) is 0 Å². The molecule has 0 saturated heterocycles. The van der Waals surface area contributed by atoms with Crippen molar-refractivity contribution in [2.24, 2.45) is 0 Å². The summed E-state index contributed by atoms with van der Waals surface area (Å²) >= 11 is 5.98. The molecule has 0 atom stereocenters. The summed E-state index contributed by atoms with van der Waals surface area (Å²) < 4.78 is 28.4. The fourth-order valence-electron chi connectivity index (χ4n) is 2.68. The molecule has 0 aliphatic rings. The number of Topliss-reactive ketones (excluding diaryl/α,β-unsaturated/α-hetero) is 1. The van der Waals surface area contributed by atoms with Crippen LogP contribution in [0.3, 0.4) is 0 Å². The highest BCUT2D eigenvalue weighted by Gasteiger charge is 2.19. The van der Waals surface area contributed by atoms with Crippen LogP contribution >= 0.6 is 11.6 Å². The van der Waals surface area contributed by atoms with Crippen molar-refractivity contribution in [1.29, 1.82) is 0 Å². The Morgan fingerprint density at radius 1 is 0.963 bits per heavy atom. The smallest absolute Gasteiger partial charge is 0.340 e. The minimum atomic E-state index is -3.50. The number of sulfone groups is 1. The number of rotatable bonds is 5. The van der Waals surface area contributed by atoms with Crippen LogP contribution in [0.2, 0.25) is 5.02 Å². The van der Waals surface area contributed by atoms with E-state index >= 15 is 0 Å². The molecule has 0 fully saturated rings. The largest absolute Gasteiger partial charge is 0.454 e. The van der Waals surface area contributed by atoms with E-state index in [2.05, 4.69) is 0 Å². The Morgan fingerprint density at radius 3 is 2.19 bits per heavy atom. The number of esters is 1. The summed E-state index contributed by atoms with van der Waals surface area (Å²) in [5, 5.41) is 0.0538. The maximum absolute atomic E-state index is 12.5. The van der Waals surface area contributed by atoms with Gasteiger partial charge in [0.2, 0.25) is 5.78 Å². The summed E-state index contributed by atoms with van der Waals surface area (Å²) in [4.78, 5) is 24.8. The van der Waals surface area contributed by atoms with Crippen LogP contribution in [0, 0.1) is 27.7 Å². The van der Waals surface area contributed by atoms with Crippen molar-refractivity contribution < 1.29 is 22.7 Å². The predicted molar refractivity (Wildman–Crippen MR) is 105 cm³/mol. The molecule has 144 valence electrons. The number of ketones is 1. The Bertz CT molecular complexity index is 1040. The third kappa shape index (κ3) is 4.57. The minimum Gasteiger partial charge on any atom is -0.454 e. The molecule has 5 nitrogen and oxygen atoms in total. The summed E-state index contributed by atoms with van der Waals surface area (Å²) in [6, 6.07) is 5.55. The van der Waals surface area contributed by atoms with E-state index in [4.69, 9.17) is 16.3 Å². The van der Waals surface area contributed by atoms with E-state index in [1.165, 1.54) is 12.1 Å². The van der Waals surface area contributed by atoms with E-state index in [-0.39, 0.29) is 21.3 Å². The number of carbonyl (C=O) groups excluding carboxylic acids is 2. The molecule has 0 unspecified atom stereocenters. The first kappa shape index (κ1) is 21.1. The standard InChI is InChI=1S/C20H21ClO5S/c1-11-8-16(14(4)13(3)12(11)2)19(22)10-26-20(23)17-9-15(27(5,24)25)6-7-18(17)21/h6-9H,10H2,1-5H3. The Labute approximate surface area is 164 Å². The van der Waals surface area contributed by atoms with Gasteiger partial charge in [-0.2, -0.15) is 0 Å². The van der Waals surface area contributed by atoms with E-state index in [0.29, 0.717) is 5.56 Å². The third-order valence-electron chi connectivity index (χ3n) is 4.70. The van der Waals surface area contributed by atoms with Crippen molar-refractivity contribution in [3.05, 3.63) is 62.7 Å². The summed E-state index contributed by atoms with van der Waals surface area (Å²) in [6.07, 6.45) is 1.03. The molecule has 2 aromatic rings. The molecule has 2 aromatic carbocycles. The molecular formula is C20H21ClO5S. The van der Waals surface area contributed by atoms with Crippen molar-refractivity contribution in [2.75, 3.05) is 12.9 Å². The van der Waals surface area contributed by atoms with Crippen LogP contribution in [0.4, 0.5) is 0 Å². The van der Waals surface area contributed by atoms with Crippen molar-refractivity contribution >= 4 is 33.2 Å². The molecule has 27 heavy (non-hydrogen) atoms. The van der Waals surface area contributed by atoms with Gasteiger partial charge in [0.1, 0.15) is 0 Å². The second kappa shape index (κ2) is 7.82. The summed E-state index contributed by atoms with van der Waals surface area (Å²) in [7, 11) is -3.50. The summed E-state index contributed by atoms with van der Waals surface area (Å²) in [6.45, 7) is 7.24. The van der Waals surface area contributed by atoms with Gasteiger partial charge in [-0.15, -0.1) is 0 Å². The summed E-state index contributed by atoms with van der Waals surface area (Å²) in [5.74, 6) is -1.18. The first-order valence-corrected chi connectivity index (χ1v) is 10.5. The molecule has 0 N–H and O–H groups in total. The van der Waals surface area contributed by atoms with Crippen LogP contribution < -0.4 is 0 Å². The number of halogens is 1. The molecule has 0 heterocycles. The van der Waals surface area contributed by atoms with Gasteiger partial charge in [-0.3, -0.25) is 4.79 Å². The highest BCUT2D eigenvalue weighted by molar-refractivity contribution is 7.90. The second-order valence-electron chi connectivity index (χ2n) is 6.53. The Hall–Kier alpha value is -2.18. The number of ether oxygens (including phenoxy) is 1. The number of carbonyl (C=O) groups is 2. The Morgan fingerprint density at radius 2 is 1.59 bits per heavy atom. The van der Waals surface area contributed by atoms with Gasteiger partial charge in [0.05, 0.1) is 15.5 Å². The monoisotopic (exact) mass is 408 g/mol. The molecule has 0 amide bonds. The SMILES string of the molecule is Cc1cc(C(=O)COC(=O)c2cc(S(C)(=O)=O)ccc2Cl)c(C)c(C)c1C. The Balaban J connectivity index is 2.23. The van der Waals surface area contributed by atoms with Crippen molar-refractivity contribution in [3.8, 4) is 0 Å². The normalized spacial score (nSPS) is 11.3. The van der Waals surface area contributed by atoms with Crippen LogP contribution in [0.5, 0.6) is 0 Å². The minimum absolute atomic E-state index is 0.0502. The van der Waals surface area contributed by atoms with Crippen LogP contribution in [-0.2, 0) is 14.6 Å². The lowest BCUT2D eigenvalue weighted by atomic mass is 9.93. The summed E-state index contributed by atoms with van der Waals surface area (Å²) in [5.41, 5.74) is 4.37. The van der Waals surface area contributed by atoms with E-state index in [9.17, 15) is 18.0 Å². The van der Waals surface area contributed by atoms with Gasteiger partial charge in [-0.1, -0.05) is 11.6 Å². The average Bonchev–Trinajstić information content (AvgIpc) is 2.60. The zero-order valence-corrected chi connectivity index (χ0v) is 17.4. The first-order valence-electron chi connectivity index (χ1n) is 8.20. The van der Waals surface area contributed by atoms with Crippen LogP contribution in [0.15, 0.2) is 29.2 Å². The number of hydrogen-bond acceptors (Lipinski definition) is 5. The Kier molecular flexibility index (Phi) is 6.12. The van der Waals surface area contributed by atoms with E-state index < -0.39 is 22.4 Å². The first-order chi connectivity index (χ1) is 12.4. The number of benzene rings is 2. The molecule has 0 saturated carbocycles. The topological polar surface area (TPSA) is 77.5 Å². The highest BCUT2D eigenvalue weighted by atomic mass is 35.5. The molecule has 0 spiro atoms. The van der Waals surface area contributed by atoms with Gasteiger partial charge in [0.15, 0.2) is 16.4 Å². The third-order valence-corrected chi connectivity index (χ3v) is 6.14. The second-order valence-corrected chi connectivity index (χ2v) is 8.95. The van der Waals surface area contributed by atoms with Gasteiger partial charge in [-0.25, -0.2) is 13.2 Å². The maximum Gasteiger partial charge on any atom is 0.340 e. The zero-order valence-electron chi connectivity index (χ0n) is 15.8. The lowest BCUT2D eigenvalue weighted by Gasteiger charge is -2.14. The fraction of sp³-hybridized carbons (Fsp3) is 0.300. The van der Waals surface area contributed by atoms with Crippen molar-refractivity contribution in [1.82, 2.24) is 0 Å². The number of aryl methyl sites for hydroxylation is 1. The van der Waals surface area contributed by atoms with E-state index in [1.807, 2.05) is 27.7 Å². The van der Waals surface area contributed by atoms with Gasteiger partial charge < -0.3 is 4.74 Å². The molecule has 2 rings (SSSR count). The van der Waals surface area contributed by atoms with Gasteiger partial charge in [0.25, 0.3) is 0 Å². The maximum atomic E-state index is 12.5. The molecule has 0 aromatic heterocycles. The van der Waals surface area contributed by atoms with E-state index in [0.717, 1.165) is 34.6 Å². The molecule has 0 radical (unpaired) electrons. The lowest BCUT2D eigenvalue weighted by Crippen LogP contribution is -2.16. The van der Waals surface area contributed by atoms with Crippen LogP contribution in [-0.4, -0.2) is 33.0 Å². The molecule has 0 aliphatic carbocycles. The van der Waals surface area contributed by atoms with Gasteiger partial charge in [0, 0.05) is 11.8 Å². The molecule has 0 bridgehead atoms.